The minimum absolute atomic E-state index is 0.0309. The molecule has 0 aromatic heterocycles. The Balaban J connectivity index is 1.44. The molecule has 8 nitrogen and oxygen atoms in total. The minimum Gasteiger partial charge on any atom is -0.504 e. The number of rotatable bonds is 5. The molecule has 7 rings (SSSR count). The van der Waals surface area contributed by atoms with E-state index in [0.29, 0.717) is 0 Å². The number of alkyl halides is 2. The van der Waals surface area contributed by atoms with Crippen LogP contribution in [0.15, 0.2) is 54.6 Å². The zero-order valence-electron chi connectivity index (χ0n) is 26.0. The van der Waals surface area contributed by atoms with Gasteiger partial charge in [0.05, 0.1) is 28.2 Å². The van der Waals surface area contributed by atoms with E-state index in [9.17, 15) is 37.5 Å². The third kappa shape index (κ3) is 4.60. The van der Waals surface area contributed by atoms with Gasteiger partial charge in [-0.2, -0.15) is 0 Å². The van der Waals surface area contributed by atoms with Gasteiger partial charge in [-0.25, -0.2) is 26.9 Å². The summed E-state index contributed by atoms with van der Waals surface area (Å²) in [7, 11) is 1.24. The molecule has 2 saturated heterocycles. The van der Waals surface area contributed by atoms with Gasteiger partial charge in [-0.1, -0.05) is 36.4 Å². The third-order valence-corrected chi connectivity index (χ3v) is 12.4. The number of anilines is 2. The molecule has 0 unspecified atom stereocenters. The largest absolute Gasteiger partial charge is 0.504 e. The molecule has 2 aliphatic carbocycles. The molecule has 2 heterocycles. The standard InChI is InChI=1S/C35H22Cl2F5IN2O6/c1-3-13-4-6-15(7-5-13)44-30(47)17-9-8-16-18(21(17)31(44)48)12-34(36)32(49)45(28-26(41)24(39)23(38)25(40)27(28)42)33(50)35(34,37)22(16)14-10-19(43)29(46)20(11-14)51-2/h3-8,10-11,17-18,21-22,46H,1,9,12H2,2H3/t17-,18+,21-,22-,34+,35-/m0/s1. The highest BCUT2D eigenvalue weighted by Crippen LogP contribution is 2.66. The van der Waals surface area contributed by atoms with Crippen LogP contribution in [0.4, 0.5) is 33.3 Å². The van der Waals surface area contributed by atoms with Gasteiger partial charge in [-0.3, -0.25) is 24.1 Å². The number of aromatic hydroxyl groups is 1. The van der Waals surface area contributed by atoms with Crippen molar-refractivity contribution in [1.82, 2.24) is 0 Å². The van der Waals surface area contributed by atoms with Gasteiger partial charge in [0.2, 0.25) is 17.6 Å². The molecule has 4 aliphatic rings. The SMILES string of the molecule is C=Cc1ccc(N2C(=O)[C@H]3[C@H](CC=C4[C@H]3C[C@@]3(Cl)C(=O)N(c5c(F)c(F)c(F)c(F)c5F)C(=O)[C@@]3(Cl)[C@H]4c3cc(I)c(O)c(OC)c3)C2=O)cc1. The number of phenols is 1. The molecule has 4 amide bonds. The van der Waals surface area contributed by atoms with Crippen molar-refractivity contribution in [2.75, 3.05) is 16.9 Å². The van der Waals surface area contributed by atoms with Crippen molar-refractivity contribution in [2.24, 2.45) is 17.8 Å². The summed E-state index contributed by atoms with van der Waals surface area (Å²) in [6.45, 7) is 3.69. The van der Waals surface area contributed by atoms with Crippen LogP contribution in [0.3, 0.4) is 0 Å². The van der Waals surface area contributed by atoms with Crippen LogP contribution < -0.4 is 14.5 Å². The number of imide groups is 2. The third-order valence-electron chi connectivity index (χ3n) is 10.2. The van der Waals surface area contributed by atoms with E-state index in [1.165, 1.54) is 19.2 Å². The average Bonchev–Trinajstić information content (AvgIpc) is 3.45. The summed E-state index contributed by atoms with van der Waals surface area (Å²) in [5.41, 5.74) is -0.537. The molecule has 51 heavy (non-hydrogen) atoms. The number of hydrogen-bond donors (Lipinski definition) is 1. The molecular weight excluding hydrogens is 837 g/mol. The van der Waals surface area contributed by atoms with Crippen molar-refractivity contribution in [3.63, 3.8) is 0 Å². The number of amides is 4. The number of methoxy groups -OCH3 is 1. The Hall–Kier alpha value is -4.02. The molecule has 3 aromatic carbocycles. The normalized spacial score (nSPS) is 28.5. The zero-order valence-corrected chi connectivity index (χ0v) is 29.6. The van der Waals surface area contributed by atoms with Gasteiger partial charge in [0.15, 0.2) is 44.5 Å². The van der Waals surface area contributed by atoms with Crippen molar-refractivity contribution in [1.29, 1.82) is 0 Å². The highest BCUT2D eigenvalue weighted by molar-refractivity contribution is 14.1. The number of ether oxygens (including phenoxy) is 1. The van der Waals surface area contributed by atoms with Gasteiger partial charge >= 0.3 is 0 Å². The van der Waals surface area contributed by atoms with Crippen molar-refractivity contribution in [2.45, 2.75) is 28.5 Å². The van der Waals surface area contributed by atoms with Crippen LogP contribution in [0.2, 0.25) is 0 Å². The summed E-state index contributed by atoms with van der Waals surface area (Å²) < 4.78 is 79.0. The molecule has 3 fully saturated rings. The number of carbonyl (C=O) groups is 4. The van der Waals surface area contributed by atoms with E-state index in [-0.39, 0.29) is 43.2 Å². The Labute approximate surface area is 309 Å². The minimum atomic E-state index is -2.71. The highest BCUT2D eigenvalue weighted by Gasteiger charge is 2.77. The lowest BCUT2D eigenvalue weighted by Crippen LogP contribution is -2.60. The lowest BCUT2D eigenvalue weighted by atomic mass is 9.56. The van der Waals surface area contributed by atoms with E-state index in [4.69, 9.17) is 27.9 Å². The monoisotopic (exact) mass is 858 g/mol. The Morgan fingerprint density at radius 1 is 0.902 bits per heavy atom. The van der Waals surface area contributed by atoms with Gasteiger partial charge in [-0.15, -0.1) is 23.2 Å². The van der Waals surface area contributed by atoms with Crippen molar-refractivity contribution < 1.29 is 51.0 Å². The summed E-state index contributed by atoms with van der Waals surface area (Å²) in [6, 6.07) is 9.08. The molecule has 1 N–H and O–H groups in total. The molecule has 0 bridgehead atoms. The average molecular weight is 859 g/mol. The lowest BCUT2D eigenvalue weighted by molar-refractivity contribution is -0.125. The van der Waals surface area contributed by atoms with Crippen LogP contribution in [0.1, 0.15) is 29.9 Å². The second-order valence-electron chi connectivity index (χ2n) is 12.6. The van der Waals surface area contributed by atoms with Crippen molar-refractivity contribution in [3.05, 3.63) is 98.4 Å². The maximum absolute atomic E-state index is 15.3. The Bertz CT molecular complexity index is 2140. The van der Waals surface area contributed by atoms with Crippen LogP contribution in [0.5, 0.6) is 11.5 Å². The topological polar surface area (TPSA) is 104 Å². The number of phenolic OH excluding ortho intramolecular Hbond substituents is 1. The first-order valence-corrected chi connectivity index (χ1v) is 17.0. The quantitative estimate of drug-likeness (QED) is 0.0559. The van der Waals surface area contributed by atoms with Gasteiger partial charge in [0.1, 0.15) is 5.69 Å². The Morgan fingerprint density at radius 2 is 1.51 bits per heavy atom. The number of hydrogen-bond acceptors (Lipinski definition) is 6. The van der Waals surface area contributed by atoms with Crippen LogP contribution in [0.25, 0.3) is 6.08 Å². The predicted octanol–water partition coefficient (Wildman–Crippen LogP) is 7.11. The summed E-state index contributed by atoms with van der Waals surface area (Å²) in [5, 5.41) is 10.6. The fourth-order valence-corrected chi connectivity index (χ4v) is 9.43. The van der Waals surface area contributed by atoms with Crippen LogP contribution in [0, 0.1) is 50.4 Å². The predicted molar refractivity (Wildman–Crippen MR) is 183 cm³/mol. The van der Waals surface area contributed by atoms with Crippen LogP contribution >= 0.6 is 45.8 Å². The molecule has 3 aromatic rings. The molecule has 0 spiro atoms. The second kappa shape index (κ2) is 12.0. The van der Waals surface area contributed by atoms with Gasteiger partial charge in [0.25, 0.3) is 11.8 Å². The number of carbonyl (C=O) groups excluding carboxylic acids is 4. The summed E-state index contributed by atoms with van der Waals surface area (Å²) in [6.07, 6.45) is 2.48. The number of halogens is 8. The van der Waals surface area contributed by atoms with Crippen molar-refractivity contribution >= 4 is 86.9 Å². The Morgan fingerprint density at radius 3 is 2.10 bits per heavy atom. The first-order chi connectivity index (χ1) is 24.0. The fourth-order valence-electron chi connectivity index (χ4n) is 7.87. The molecule has 264 valence electrons. The number of allylic oxidation sites excluding steroid dienone is 2. The molecule has 2 aliphatic heterocycles. The van der Waals surface area contributed by atoms with E-state index < -0.39 is 98.2 Å². The van der Waals surface area contributed by atoms with Crippen molar-refractivity contribution in [3.8, 4) is 11.5 Å². The van der Waals surface area contributed by atoms with Crippen LogP contribution in [-0.4, -0.2) is 45.6 Å². The zero-order chi connectivity index (χ0) is 37.1. The fraction of sp³-hybridized carbons (Fsp3) is 0.257. The van der Waals surface area contributed by atoms with E-state index in [1.54, 1.807) is 59.0 Å². The number of benzene rings is 3. The Kier molecular flexibility index (Phi) is 8.34. The smallest absolute Gasteiger partial charge is 0.258 e. The van der Waals surface area contributed by atoms with Gasteiger partial charge < -0.3 is 9.84 Å². The van der Waals surface area contributed by atoms with E-state index >= 15 is 8.78 Å². The number of nitrogens with zero attached hydrogens (tertiary/aromatic N) is 2. The maximum atomic E-state index is 15.3. The second-order valence-corrected chi connectivity index (χ2v) is 15.0. The van der Waals surface area contributed by atoms with Gasteiger partial charge in [0, 0.05) is 5.92 Å². The summed E-state index contributed by atoms with van der Waals surface area (Å²) >= 11 is 16.1. The van der Waals surface area contributed by atoms with E-state index in [1.807, 2.05) is 0 Å². The van der Waals surface area contributed by atoms with E-state index in [0.717, 1.165) is 10.5 Å². The molecule has 1 saturated carbocycles. The first kappa shape index (κ1) is 35.4. The summed E-state index contributed by atoms with van der Waals surface area (Å²) in [5.74, 6) is -21.9. The summed E-state index contributed by atoms with van der Waals surface area (Å²) in [4.78, 5) is 52.2. The van der Waals surface area contributed by atoms with E-state index in [2.05, 4.69) is 6.58 Å². The molecule has 6 atom stereocenters. The highest BCUT2D eigenvalue weighted by atomic mass is 127. The molecule has 0 radical (unpaired) electrons. The lowest BCUT2D eigenvalue weighted by Gasteiger charge is -2.50. The molecule has 16 heteroatoms. The van der Waals surface area contributed by atoms with Crippen LogP contribution in [-0.2, 0) is 19.2 Å². The number of fused-ring (bicyclic) bond motifs is 4. The first-order valence-electron chi connectivity index (χ1n) is 15.2. The maximum Gasteiger partial charge on any atom is 0.258 e. The molecular formula is C35H22Cl2F5IN2O6. The van der Waals surface area contributed by atoms with Gasteiger partial charge in [-0.05, 0) is 76.7 Å².